The van der Waals surface area contributed by atoms with Gasteiger partial charge in [0, 0.05) is 5.69 Å². The summed E-state index contributed by atoms with van der Waals surface area (Å²) in [6, 6.07) is 6.03. The molecule has 0 heterocycles. The highest BCUT2D eigenvalue weighted by Gasteiger charge is 2.05. The molecule has 0 aliphatic rings. The predicted octanol–water partition coefficient (Wildman–Crippen LogP) is 2.83. The van der Waals surface area contributed by atoms with Crippen molar-refractivity contribution in [2.45, 2.75) is 20.8 Å². The molecule has 0 aliphatic heterocycles. The minimum atomic E-state index is -0.245. The van der Waals surface area contributed by atoms with Gasteiger partial charge in [0.2, 0.25) is 0 Å². The third-order valence-electron chi connectivity index (χ3n) is 2.47. The molecule has 0 radical (unpaired) electrons. The van der Waals surface area contributed by atoms with E-state index >= 15 is 0 Å². The standard InChI is InChI=1S/C14H19NO2/c1-4-5-9-17-13(16)10-15-14-11(2)7-6-8-12(14)3/h4-8,15H,9-10H2,1-3H3/b5-4+. The number of nitrogens with one attached hydrogen (secondary N) is 1. The SMILES string of the molecule is C/C=C/COC(=O)CNc1c(C)cccc1C. The molecule has 0 aliphatic carbocycles. The molecule has 0 aromatic heterocycles. The lowest BCUT2D eigenvalue weighted by Crippen LogP contribution is -2.17. The Morgan fingerprint density at radius 1 is 1.35 bits per heavy atom. The molecule has 3 heteroatoms. The Labute approximate surface area is 102 Å². The maximum absolute atomic E-state index is 11.4. The molecule has 0 fully saturated rings. The molecule has 1 aromatic rings. The van der Waals surface area contributed by atoms with Crippen LogP contribution in [0.4, 0.5) is 5.69 Å². The van der Waals surface area contributed by atoms with E-state index in [9.17, 15) is 4.79 Å². The summed E-state index contributed by atoms with van der Waals surface area (Å²) in [6.45, 7) is 6.46. The Balaban J connectivity index is 2.47. The van der Waals surface area contributed by atoms with Gasteiger partial charge >= 0.3 is 5.97 Å². The normalized spacial score (nSPS) is 10.5. The highest BCUT2D eigenvalue weighted by atomic mass is 16.5. The van der Waals surface area contributed by atoms with Crippen molar-refractivity contribution in [1.82, 2.24) is 0 Å². The minimum Gasteiger partial charge on any atom is -0.460 e. The molecule has 0 saturated heterocycles. The van der Waals surface area contributed by atoms with Crippen molar-refractivity contribution in [3.8, 4) is 0 Å². The molecular weight excluding hydrogens is 214 g/mol. The number of carbonyl (C=O) groups is 1. The van der Waals surface area contributed by atoms with Crippen molar-refractivity contribution in [3.63, 3.8) is 0 Å². The number of carbonyl (C=O) groups excluding carboxylic acids is 1. The first-order valence-corrected chi connectivity index (χ1v) is 5.72. The fraction of sp³-hybridized carbons (Fsp3) is 0.357. The summed E-state index contributed by atoms with van der Waals surface area (Å²) in [6.07, 6.45) is 3.66. The highest BCUT2D eigenvalue weighted by Crippen LogP contribution is 2.18. The van der Waals surface area contributed by atoms with Gasteiger partial charge in [0.25, 0.3) is 0 Å². The number of aryl methyl sites for hydroxylation is 2. The van der Waals surface area contributed by atoms with Crippen LogP contribution >= 0.6 is 0 Å². The maximum Gasteiger partial charge on any atom is 0.325 e. The van der Waals surface area contributed by atoms with E-state index in [0.717, 1.165) is 16.8 Å². The zero-order valence-electron chi connectivity index (χ0n) is 10.6. The molecule has 0 atom stereocenters. The first kappa shape index (κ1) is 13.3. The van der Waals surface area contributed by atoms with E-state index in [4.69, 9.17) is 4.74 Å². The zero-order valence-corrected chi connectivity index (χ0v) is 10.6. The Morgan fingerprint density at radius 3 is 2.59 bits per heavy atom. The van der Waals surface area contributed by atoms with Gasteiger partial charge in [0.15, 0.2) is 0 Å². The summed E-state index contributed by atoms with van der Waals surface area (Å²) in [7, 11) is 0. The Hall–Kier alpha value is -1.77. The molecule has 1 rings (SSSR count). The van der Waals surface area contributed by atoms with Crippen molar-refractivity contribution in [2.75, 3.05) is 18.5 Å². The van der Waals surface area contributed by atoms with Crippen molar-refractivity contribution >= 4 is 11.7 Å². The molecule has 92 valence electrons. The van der Waals surface area contributed by atoms with Crippen molar-refractivity contribution in [2.24, 2.45) is 0 Å². The number of hydrogen-bond donors (Lipinski definition) is 1. The number of ether oxygens (including phenoxy) is 1. The summed E-state index contributed by atoms with van der Waals surface area (Å²) >= 11 is 0. The number of hydrogen-bond acceptors (Lipinski definition) is 3. The van der Waals surface area contributed by atoms with Crippen LogP contribution in [0, 0.1) is 13.8 Å². The smallest absolute Gasteiger partial charge is 0.325 e. The molecule has 0 unspecified atom stereocenters. The largest absolute Gasteiger partial charge is 0.460 e. The molecule has 1 aromatic carbocycles. The second kappa shape index (κ2) is 6.74. The average Bonchev–Trinajstić information content (AvgIpc) is 2.29. The number of para-hydroxylation sites is 1. The second-order valence-electron chi connectivity index (χ2n) is 3.87. The van der Waals surface area contributed by atoms with Gasteiger partial charge in [-0.15, -0.1) is 0 Å². The molecule has 0 bridgehead atoms. The Bertz CT molecular complexity index is 390. The van der Waals surface area contributed by atoms with E-state index in [1.54, 1.807) is 6.08 Å². The predicted molar refractivity (Wildman–Crippen MR) is 70.2 cm³/mol. The molecule has 0 amide bonds. The summed E-state index contributed by atoms with van der Waals surface area (Å²) in [5, 5.41) is 3.11. The Kier molecular flexibility index (Phi) is 5.27. The minimum absolute atomic E-state index is 0.198. The summed E-state index contributed by atoms with van der Waals surface area (Å²) in [5.41, 5.74) is 3.27. The lowest BCUT2D eigenvalue weighted by atomic mass is 10.1. The van der Waals surface area contributed by atoms with Crippen LogP contribution in [-0.4, -0.2) is 19.1 Å². The van der Waals surface area contributed by atoms with Gasteiger partial charge < -0.3 is 10.1 Å². The van der Waals surface area contributed by atoms with Crippen LogP contribution in [0.15, 0.2) is 30.4 Å². The van der Waals surface area contributed by atoms with E-state index in [1.807, 2.05) is 45.0 Å². The molecule has 17 heavy (non-hydrogen) atoms. The number of rotatable bonds is 5. The van der Waals surface area contributed by atoms with Gasteiger partial charge in [0.05, 0.1) is 0 Å². The number of allylic oxidation sites excluding steroid dienone is 1. The van der Waals surface area contributed by atoms with Crippen LogP contribution in [0.5, 0.6) is 0 Å². The maximum atomic E-state index is 11.4. The number of benzene rings is 1. The lowest BCUT2D eigenvalue weighted by Gasteiger charge is -2.11. The van der Waals surface area contributed by atoms with Crippen LogP contribution in [0.25, 0.3) is 0 Å². The highest BCUT2D eigenvalue weighted by molar-refractivity contribution is 5.76. The first-order valence-electron chi connectivity index (χ1n) is 5.72. The van der Waals surface area contributed by atoms with Gasteiger partial charge in [-0.05, 0) is 31.9 Å². The first-order chi connectivity index (χ1) is 8.15. The van der Waals surface area contributed by atoms with Gasteiger partial charge in [-0.25, -0.2) is 0 Å². The second-order valence-corrected chi connectivity index (χ2v) is 3.87. The summed E-state index contributed by atoms with van der Waals surface area (Å²) < 4.78 is 5.00. The topological polar surface area (TPSA) is 38.3 Å². The van der Waals surface area contributed by atoms with Gasteiger partial charge in [0.1, 0.15) is 13.2 Å². The van der Waals surface area contributed by atoms with Gasteiger partial charge in [-0.3, -0.25) is 4.79 Å². The van der Waals surface area contributed by atoms with Crippen molar-refractivity contribution in [3.05, 3.63) is 41.5 Å². The number of esters is 1. The van der Waals surface area contributed by atoms with Crippen molar-refractivity contribution < 1.29 is 9.53 Å². The van der Waals surface area contributed by atoms with Gasteiger partial charge in [-0.2, -0.15) is 0 Å². The third-order valence-corrected chi connectivity index (χ3v) is 2.47. The molecular formula is C14H19NO2. The van der Waals surface area contributed by atoms with E-state index in [0.29, 0.717) is 6.61 Å². The van der Waals surface area contributed by atoms with Crippen LogP contribution in [0.1, 0.15) is 18.1 Å². The fourth-order valence-electron chi connectivity index (χ4n) is 1.54. The molecule has 1 N–H and O–H groups in total. The van der Waals surface area contributed by atoms with E-state index in [-0.39, 0.29) is 12.5 Å². The third kappa shape index (κ3) is 4.31. The van der Waals surface area contributed by atoms with E-state index in [1.165, 1.54) is 0 Å². The van der Waals surface area contributed by atoms with Crippen LogP contribution in [0.2, 0.25) is 0 Å². The van der Waals surface area contributed by atoms with Crippen LogP contribution < -0.4 is 5.32 Å². The molecule has 0 saturated carbocycles. The molecule has 0 spiro atoms. The molecule has 3 nitrogen and oxygen atoms in total. The van der Waals surface area contributed by atoms with Crippen LogP contribution in [-0.2, 0) is 9.53 Å². The fourth-order valence-corrected chi connectivity index (χ4v) is 1.54. The van der Waals surface area contributed by atoms with E-state index in [2.05, 4.69) is 5.32 Å². The average molecular weight is 233 g/mol. The Morgan fingerprint density at radius 2 is 2.00 bits per heavy atom. The van der Waals surface area contributed by atoms with Crippen molar-refractivity contribution in [1.29, 1.82) is 0 Å². The van der Waals surface area contributed by atoms with Crippen LogP contribution in [0.3, 0.4) is 0 Å². The monoisotopic (exact) mass is 233 g/mol. The van der Waals surface area contributed by atoms with E-state index < -0.39 is 0 Å². The zero-order chi connectivity index (χ0) is 12.7. The lowest BCUT2D eigenvalue weighted by molar-refractivity contribution is -0.140. The number of anilines is 1. The summed E-state index contributed by atoms with van der Waals surface area (Å²) in [4.78, 5) is 11.4. The summed E-state index contributed by atoms with van der Waals surface area (Å²) in [5.74, 6) is -0.245. The van der Waals surface area contributed by atoms with Gasteiger partial charge in [-0.1, -0.05) is 30.4 Å². The quantitative estimate of drug-likeness (QED) is 0.627.